The van der Waals surface area contributed by atoms with Crippen molar-refractivity contribution in [2.75, 3.05) is 20.6 Å². The van der Waals surface area contributed by atoms with Gasteiger partial charge in [0, 0.05) is 25.6 Å². The molecule has 0 aliphatic heterocycles. The van der Waals surface area contributed by atoms with E-state index in [9.17, 15) is 4.79 Å². The summed E-state index contributed by atoms with van der Waals surface area (Å²) in [5, 5.41) is 3.06. The molecule has 3 nitrogen and oxygen atoms in total. The van der Waals surface area contributed by atoms with Gasteiger partial charge in [-0.25, -0.2) is 0 Å². The van der Waals surface area contributed by atoms with Crippen LogP contribution in [-0.2, 0) is 17.6 Å². The monoisotopic (exact) mass is 246 g/mol. The lowest BCUT2D eigenvalue weighted by atomic mass is 10.1. The predicted octanol–water partition coefficient (Wildman–Crippen LogP) is 1.47. The van der Waals surface area contributed by atoms with Gasteiger partial charge in [-0.05, 0) is 31.0 Å². The third-order valence-corrected chi connectivity index (χ3v) is 3.86. The molecule has 2 rings (SSSR count). The van der Waals surface area contributed by atoms with E-state index in [1.165, 1.54) is 11.1 Å². The Labute approximate surface area is 109 Å². The summed E-state index contributed by atoms with van der Waals surface area (Å²) >= 11 is 0. The van der Waals surface area contributed by atoms with Crippen LogP contribution in [-0.4, -0.2) is 37.5 Å². The second-order valence-corrected chi connectivity index (χ2v) is 5.24. The second-order valence-electron chi connectivity index (χ2n) is 5.24. The SMILES string of the molecule is CNCC(C)C(=O)N(C)C1Cc2ccccc2C1. The van der Waals surface area contributed by atoms with Gasteiger partial charge in [0.25, 0.3) is 0 Å². The molecule has 1 aliphatic carbocycles. The van der Waals surface area contributed by atoms with Crippen LogP contribution in [0, 0.1) is 5.92 Å². The molecule has 1 N–H and O–H groups in total. The first-order valence-corrected chi connectivity index (χ1v) is 6.61. The van der Waals surface area contributed by atoms with Crippen LogP contribution in [0.3, 0.4) is 0 Å². The first kappa shape index (κ1) is 13.1. The molecule has 1 aromatic rings. The number of likely N-dealkylation sites (N-methyl/N-ethyl adjacent to an activating group) is 1. The molecule has 0 saturated carbocycles. The minimum atomic E-state index is 0.0451. The summed E-state index contributed by atoms with van der Waals surface area (Å²) in [4.78, 5) is 14.2. The Morgan fingerprint density at radius 2 is 1.94 bits per heavy atom. The first-order chi connectivity index (χ1) is 8.63. The number of carbonyl (C=O) groups excluding carboxylic acids is 1. The van der Waals surface area contributed by atoms with Gasteiger partial charge in [0.05, 0.1) is 0 Å². The summed E-state index contributed by atoms with van der Waals surface area (Å²) in [5.41, 5.74) is 2.78. The average molecular weight is 246 g/mol. The van der Waals surface area contributed by atoms with E-state index in [-0.39, 0.29) is 11.8 Å². The zero-order chi connectivity index (χ0) is 13.1. The Balaban J connectivity index is 2.00. The van der Waals surface area contributed by atoms with Crippen LogP contribution in [0.5, 0.6) is 0 Å². The molecular weight excluding hydrogens is 224 g/mol. The largest absolute Gasteiger partial charge is 0.342 e. The highest BCUT2D eigenvalue weighted by Gasteiger charge is 2.28. The van der Waals surface area contributed by atoms with E-state index in [0.717, 1.165) is 19.4 Å². The van der Waals surface area contributed by atoms with Crippen molar-refractivity contribution in [3.63, 3.8) is 0 Å². The van der Waals surface area contributed by atoms with Crippen molar-refractivity contribution < 1.29 is 4.79 Å². The summed E-state index contributed by atoms with van der Waals surface area (Å²) in [6, 6.07) is 8.82. The third-order valence-electron chi connectivity index (χ3n) is 3.86. The molecule has 18 heavy (non-hydrogen) atoms. The summed E-state index contributed by atoms with van der Waals surface area (Å²) in [5.74, 6) is 0.283. The maximum Gasteiger partial charge on any atom is 0.226 e. The fraction of sp³-hybridized carbons (Fsp3) is 0.533. The molecule has 0 spiro atoms. The number of carbonyl (C=O) groups is 1. The molecule has 98 valence electrons. The van der Waals surface area contributed by atoms with Crippen molar-refractivity contribution in [3.8, 4) is 0 Å². The highest BCUT2D eigenvalue weighted by atomic mass is 16.2. The van der Waals surface area contributed by atoms with Crippen molar-refractivity contribution in [2.24, 2.45) is 5.92 Å². The van der Waals surface area contributed by atoms with Gasteiger partial charge in [-0.3, -0.25) is 4.79 Å². The summed E-state index contributed by atoms with van der Waals surface area (Å²) in [6.07, 6.45) is 1.98. The van der Waals surface area contributed by atoms with Crippen LogP contribution in [0.2, 0.25) is 0 Å². The van der Waals surface area contributed by atoms with Gasteiger partial charge in [0.1, 0.15) is 0 Å². The number of fused-ring (bicyclic) bond motifs is 1. The molecule has 0 radical (unpaired) electrons. The van der Waals surface area contributed by atoms with Gasteiger partial charge in [-0.15, -0.1) is 0 Å². The topological polar surface area (TPSA) is 32.3 Å². The molecule has 0 bridgehead atoms. The summed E-state index contributed by atoms with van der Waals surface area (Å²) in [7, 11) is 3.82. The number of nitrogens with zero attached hydrogens (tertiary/aromatic N) is 1. The zero-order valence-corrected chi connectivity index (χ0v) is 11.4. The molecule has 3 heteroatoms. The van der Waals surface area contributed by atoms with Crippen molar-refractivity contribution >= 4 is 5.91 Å². The minimum Gasteiger partial charge on any atom is -0.342 e. The lowest BCUT2D eigenvalue weighted by molar-refractivity contribution is -0.135. The van der Waals surface area contributed by atoms with Gasteiger partial charge in [0.15, 0.2) is 0 Å². The van der Waals surface area contributed by atoms with Gasteiger partial charge >= 0.3 is 0 Å². The van der Waals surface area contributed by atoms with Crippen LogP contribution in [0.15, 0.2) is 24.3 Å². The smallest absolute Gasteiger partial charge is 0.226 e. The van der Waals surface area contributed by atoms with Crippen LogP contribution in [0.4, 0.5) is 0 Å². The lowest BCUT2D eigenvalue weighted by Gasteiger charge is -2.27. The quantitative estimate of drug-likeness (QED) is 0.872. The highest BCUT2D eigenvalue weighted by Crippen LogP contribution is 2.25. The maximum atomic E-state index is 12.3. The van der Waals surface area contributed by atoms with Gasteiger partial charge in [0.2, 0.25) is 5.91 Å². The second kappa shape index (κ2) is 5.53. The molecule has 0 saturated heterocycles. The highest BCUT2D eigenvalue weighted by molar-refractivity contribution is 5.79. The lowest BCUT2D eigenvalue weighted by Crippen LogP contribution is -2.42. The third kappa shape index (κ3) is 2.56. The Hall–Kier alpha value is -1.35. The van der Waals surface area contributed by atoms with E-state index in [1.54, 1.807) is 0 Å². The molecule has 1 aromatic carbocycles. The molecule has 1 unspecified atom stereocenters. The average Bonchev–Trinajstić information content (AvgIpc) is 2.81. The van der Waals surface area contributed by atoms with Gasteiger partial charge in [-0.2, -0.15) is 0 Å². The Morgan fingerprint density at radius 3 is 2.44 bits per heavy atom. The summed E-state index contributed by atoms with van der Waals surface area (Å²) in [6.45, 7) is 2.72. The van der Waals surface area contributed by atoms with Gasteiger partial charge < -0.3 is 10.2 Å². The van der Waals surface area contributed by atoms with Crippen LogP contribution in [0.1, 0.15) is 18.1 Å². The normalized spacial score (nSPS) is 16.4. The number of nitrogens with one attached hydrogen (secondary N) is 1. The Morgan fingerprint density at radius 1 is 1.39 bits per heavy atom. The van der Waals surface area contributed by atoms with E-state index in [0.29, 0.717) is 6.04 Å². The van der Waals surface area contributed by atoms with Crippen molar-refractivity contribution in [1.82, 2.24) is 10.2 Å². The van der Waals surface area contributed by atoms with Crippen LogP contribution in [0.25, 0.3) is 0 Å². The van der Waals surface area contributed by atoms with Crippen molar-refractivity contribution in [2.45, 2.75) is 25.8 Å². The van der Waals surface area contributed by atoms with E-state index < -0.39 is 0 Å². The predicted molar refractivity (Wildman–Crippen MR) is 73.5 cm³/mol. The van der Waals surface area contributed by atoms with Crippen molar-refractivity contribution in [1.29, 1.82) is 0 Å². The number of hydrogen-bond acceptors (Lipinski definition) is 2. The molecule has 0 fully saturated rings. The Bertz CT molecular complexity index is 405. The van der Waals surface area contributed by atoms with Gasteiger partial charge in [-0.1, -0.05) is 31.2 Å². The van der Waals surface area contributed by atoms with Crippen LogP contribution >= 0.6 is 0 Å². The summed E-state index contributed by atoms with van der Waals surface area (Å²) < 4.78 is 0. The fourth-order valence-electron chi connectivity index (χ4n) is 2.73. The van der Waals surface area contributed by atoms with E-state index in [4.69, 9.17) is 0 Å². The van der Waals surface area contributed by atoms with Crippen molar-refractivity contribution in [3.05, 3.63) is 35.4 Å². The number of benzene rings is 1. The minimum absolute atomic E-state index is 0.0451. The molecule has 0 aromatic heterocycles. The Kier molecular flexibility index (Phi) is 4.02. The van der Waals surface area contributed by atoms with E-state index >= 15 is 0 Å². The zero-order valence-electron chi connectivity index (χ0n) is 11.4. The molecular formula is C15H22N2O. The standard InChI is InChI=1S/C15H22N2O/c1-11(10-16-2)15(18)17(3)14-8-12-6-4-5-7-13(12)9-14/h4-7,11,14,16H,8-10H2,1-3H3. The number of amides is 1. The number of hydrogen-bond donors (Lipinski definition) is 1. The van der Waals surface area contributed by atoms with E-state index in [2.05, 4.69) is 29.6 Å². The molecule has 1 aliphatic rings. The first-order valence-electron chi connectivity index (χ1n) is 6.61. The number of rotatable bonds is 4. The fourth-order valence-corrected chi connectivity index (χ4v) is 2.73. The maximum absolute atomic E-state index is 12.3. The molecule has 1 amide bonds. The molecule has 0 heterocycles. The van der Waals surface area contributed by atoms with E-state index in [1.807, 2.05) is 25.9 Å². The molecule has 1 atom stereocenters. The van der Waals surface area contributed by atoms with Crippen LogP contribution < -0.4 is 5.32 Å².